The fourth-order valence-corrected chi connectivity index (χ4v) is 3.00. The summed E-state index contributed by atoms with van der Waals surface area (Å²) in [4.78, 5) is 2.49. The van der Waals surface area contributed by atoms with E-state index in [2.05, 4.69) is 49.2 Å². The highest BCUT2D eigenvalue weighted by Crippen LogP contribution is 2.40. The van der Waals surface area contributed by atoms with Crippen molar-refractivity contribution < 1.29 is 0 Å². The summed E-state index contributed by atoms with van der Waals surface area (Å²) in [6.45, 7) is 3.42. The third-order valence-electron chi connectivity index (χ3n) is 3.71. The Bertz CT molecular complexity index is 419. The molecule has 1 heteroatoms. The number of fused-ring (bicyclic) bond motifs is 2. The third-order valence-corrected chi connectivity index (χ3v) is 3.71. The second kappa shape index (κ2) is 3.21. The lowest BCUT2D eigenvalue weighted by molar-refractivity contribution is 0.353. The molecule has 0 spiro atoms. The Morgan fingerprint density at radius 1 is 1.33 bits per heavy atom. The topological polar surface area (TPSA) is 3.24 Å². The molecule has 2 atom stereocenters. The summed E-state index contributed by atoms with van der Waals surface area (Å²) in [7, 11) is 2.24. The molecular weight excluding hydrogens is 182 g/mol. The monoisotopic (exact) mass is 199 g/mol. The highest BCUT2D eigenvalue weighted by Gasteiger charge is 2.37. The summed E-state index contributed by atoms with van der Waals surface area (Å²) >= 11 is 0. The molecular formula is C14H17N. The Labute approximate surface area is 91.4 Å². The van der Waals surface area contributed by atoms with Gasteiger partial charge in [-0.3, -0.25) is 4.90 Å². The molecule has 1 aliphatic carbocycles. The molecule has 1 heterocycles. The number of likely N-dealkylation sites (tertiary alicyclic amines) is 1. The SMILES string of the molecule is Cc1cccc(C2=CC3CC2N(C)C3)c1. The quantitative estimate of drug-likeness (QED) is 0.672. The Morgan fingerprint density at radius 2 is 2.20 bits per heavy atom. The predicted molar refractivity (Wildman–Crippen MR) is 63.7 cm³/mol. The van der Waals surface area contributed by atoms with Crippen LogP contribution >= 0.6 is 0 Å². The predicted octanol–water partition coefficient (Wildman–Crippen LogP) is 2.71. The molecule has 1 aliphatic heterocycles. The van der Waals surface area contributed by atoms with E-state index in [1.807, 2.05) is 0 Å². The standard InChI is InChI=1S/C14H17N/c1-10-4-3-5-12(6-10)13-7-11-8-14(13)15(2)9-11/h3-7,11,14H,8-9H2,1-2H3. The summed E-state index contributed by atoms with van der Waals surface area (Å²) in [5.41, 5.74) is 4.34. The van der Waals surface area contributed by atoms with Crippen LogP contribution in [0.3, 0.4) is 0 Å². The second-order valence-electron chi connectivity index (χ2n) is 4.94. The van der Waals surface area contributed by atoms with Crippen molar-refractivity contribution in [3.63, 3.8) is 0 Å². The van der Waals surface area contributed by atoms with E-state index in [0.717, 1.165) is 5.92 Å². The van der Waals surface area contributed by atoms with Crippen LogP contribution in [-0.2, 0) is 0 Å². The molecule has 2 aliphatic rings. The Kier molecular flexibility index (Phi) is 1.96. The molecule has 0 radical (unpaired) electrons. The van der Waals surface area contributed by atoms with Crippen molar-refractivity contribution in [2.45, 2.75) is 19.4 Å². The molecule has 1 aromatic carbocycles. The molecule has 2 unspecified atom stereocenters. The minimum atomic E-state index is 0.678. The molecule has 1 fully saturated rings. The van der Waals surface area contributed by atoms with Gasteiger partial charge in [-0.15, -0.1) is 0 Å². The van der Waals surface area contributed by atoms with Gasteiger partial charge in [-0.05, 0) is 37.4 Å². The van der Waals surface area contributed by atoms with Crippen molar-refractivity contribution in [1.29, 1.82) is 0 Å². The van der Waals surface area contributed by atoms with E-state index < -0.39 is 0 Å². The van der Waals surface area contributed by atoms with Crippen molar-refractivity contribution in [3.05, 3.63) is 41.5 Å². The molecule has 1 saturated heterocycles. The number of hydrogen-bond donors (Lipinski definition) is 0. The second-order valence-corrected chi connectivity index (χ2v) is 4.94. The van der Waals surface area contributed by atoms with Crippen LogP contribution in [-0.4, -0.2) is 24.5 Å². The van der Waals surface area contributed by atoms with E-state index in [4.69, 9.17) is 0 Å². The maximum atomic E-state index is 2.49. The van der Waals surface area contributed by atoms with E-state index in [9.17, 15) is 0 Å². The Morgan fingerprint density at radius 3 is 2.87 bits per heavy atom. The molecule has 2 bridgehead atoms. The van der Waals surface area contributed by atoms with Crippen LogP contribution in [0.25, 0.3) is 5.57 Å². The van der Waals surface area contributed by atoms with Gasteiger partial charge in [0, 0.05) is 12.6 Å². The molecule has 0 amide bonds. The van der Waals surface area contributed by atoms with Gasteiger partial charge in [0.1, 0.15) is 0 Å². The lowest BCUT2D eigenvalue weighted by atomic mass is 9.99. The van der Waals surface area contributed by atoms with Gasteiger partial charge < -0.3 is 0 Å². The van der Waals surface area contributed by atoms with E-state index in [0.29, 0.717) is 6.04 Å². The average molecular weight is 199 g/mol. The number of hydrogen-bond acceptors (Lipinski definition) is 1. The van der Waals surface area contributed by atoms with Crippen LogP contribution in [0.5, 0.6) is 0 Å². The number of nitrogens with zero attached hydrogens (tertiary/aromatic N) is 1. The summed E-state index contributed by atoms with van der Waals surface area (Å²) in [5, 5.41) is 0. The first-order chi connectivity index (χ1) is 7.24. The largest absolute Gasteiger partial charge is 0.299 e. The van der Waals surface area contributed by atoms with Gasteiger partial charge in [0.25, 0.3) is 0 Å². The highest BCUT2D eigenvalue weighted by molar-refractivity contribution is 5.73. The maximum Gasteiger partial charge on any atom is 0.0354 e. The first-order valence-electron chi connectivity index (χ1n) is 5.73. The Balaban J connectivity index is 1.99. The van der Waals surface area contributed by atoms with Gasteiger partial charge in [-0.25, -0.2) is 0 Å². The third kappa shape index (κ3) is 1.42. The molecule has 1 aromatic rings. The van der Waals surface area contributed by atoms with Crippen molar-refractivity contribution in [3.8, 4) is 0 Å². The van der Waals surface area contributed by atoms with E-state index in [-0.39, 0.29) is 0 Å². The van der Waals surface area contributed by atoms with Crippen molar-refractivity contribution in [2.24, 2.45) is 5.92 Å². The number of rotatable bonds is 1. The molecule has 0 N–H and O–H groups in total. The van der Waals surface area contributed by atoms with Gasteiger partial charge in [0.15, 0.2) is 0 Å². The van der Waals surface area contributed by atoms with E-state index in [1.165, 1.54) is 24.1 Å². The van der Waals surface area contributed by atoms with Gasteiger partial charge in [0.2, 0.25) is 0 Å². The first kappa shape index (κ1) is 9.17. The van der Waals surface area contributed by atoms with Crippen LogP contribution in [0.4, 0.5) is 0 Å². The normalized spacial score (nSPS) is 29.6. The first-order valence-corrected chi connectivity index (χ1v) is 5.73. The van der Waals surface area contributed by atoms with Gasteiger partial charge >= 0.3 is 0 Å². The molecule has 0 saturated carbocycles. The number of aryl methyl sites for hydroxylation is 1. The van der Waals surface area contributed by atoms with Crippen LogP contribution in [0, 0.1) is 12.8 Å². The molecule has 0 aromatic heterocycles. The van der Waals surface area contributed by atoms with Crippen molar-refractivity contribution in [2.75, 3.05) is 13.6 Å². The van der Waals surface area contributed by atoms with Crippen molar-refractivity contribution in [1.82, 2.24) is 4.90 Å². The molecule has 1 nitrogen and oxygen atoms in total. The number of likely N-dealkylation sites (N-methyl/N-ethyl adjacent to an activating group) is 1. The molecule has 3 rings (SSSR count). The fraction of sp³-hybridized carbons (Fsp3) is 0.429. The van der Waals surface area contributed by atoms with Crippen LogP contribution < -0.4 is 0 Å². The average Bonchev–Trinajstić information content (AvgIpc) is 2.76. The zero-order valence-corrected chi connectivity index (χ0v) is 9.40. The smallest absolute Gasteiger partial charge is 0.0354 e. The van der Waals surface area contributed by atoms with Gasteiger partial charge in [-0.1, -0.05) is 35.9 Å². The minimum absolute atomic E-state index is 0.678. The van der Waals surface area contributed by atoms with Crippen LogP contribution in [0.1, 0.15) is 17.5 Å². The molecule has 78 valence electrons. The number of benzene rings is 1. The highest BCUT2D eigenvalue weighted by atomic mass is 15.2. The summed E-state index contributed by atoms with van der Waals surface area (Å²) < 4.78 is 0. The maximum absolute atomic E-state index is 2.49. The molecule has 15 heavy (non-hydrogen) atoms. The lowest BCUT2D eigenvalue weighted by Gasteiger charge is -2.24. The van der Waals surface area contributed by atoms with E-state index in [1.54, 1.807) is 5.57 Å². The van der Waals surface area contributed by atoms with Gasteiger partial charge in [-0.2, -0.15) is 0 Å². The summed E-state index contributed by atoms with van der Waals surface area (Å²) in [5.74, 6) is 0.801. The Hall–Kier alpha value is -1.08. The van der Waals surface area contributed by atoms with Crippen LogP contribution in [0.2, 0.25) is 0 Å². The van der Waals surface area contributed by atoms with Crippen molar-refractivity contribution >= 4 is 5.57 Å². The van der Waals surface area contributed by atoms with E-state index >= 15 is 0 Å². The zero-order valence-electron chi connectivity index (χ0n) is 9.40. The fourth-order valence-electron chi connectivity index (χ4n) is 3.00. The zero-order chi connectivity index (χ0) is 10.4. The summed E-state index contributed by atoms with van der Waals surface area (Å²) in [6, 6.07) is 9.56. The van der Waals surface area contributed by atoms with Crippen LogP contribution in [0.15, 0.2) is 30.3 Å². The lowest BCUT2D eigenvalue weighted by Crippen LogP contribution is -2.27. The van der Waals surface area contributed by atoms with Gasteiger partial charge in [0.05, 0.1) is 0 Å². The minimum Gasteiger partial charge on any atom is -0.299 e. The summed E-state index contributed by atoms with van der Waals surface area (Å²) in [6.07, 6.45) is 3.82.